The summed E-state index contributed by atoms with van der Waals surface area (Å²) in [5, 5.41) is 3.35. The highest BCUT2D eigenvalue weighted by Crippen LogP contribution is 2.33. The van der Waals surface area contributed by atoms with Crippen molar-refractivity contribution >= 4 is 5.82 Å². The fraction of sp³-hybridized carbons (Fsp3) is 0.667. The highest BCUT2D eigenvalue weighted by molar-refractivity contribution is 5.36. The van der Waals surface area contributed by atoms with Gasteiger partial charge < -0.3 is 16.0 Å². The van der Waals surface area contributed by atoms with E-state index in [-0.39, 0.29) is 11.1 Å². The van der Waals surface area contributed by atoms with Gasteiger partial charge in [0.05, 0.1) is 11.9 Å². The highest BCUT2D eigenvalue weighted by Gasteiger charge is 2.33. The molecule has 0 radical (unpaired) electrons. The van der Waals surface area contributed by atoms with Crippen LogP contribution >= 0.6 is 0 Å². The Hall–Kier alpha value is -1.36. The second kappa shape index (κ2) is 4.87. The Morgan fingerprint density at radius 3 is 2.88 bits per heavy atom. The third-order valence-electron chi connectivity index (χ3n) is 3.69. The van der Waals surface area contributed by atoms with Crippen LogP contribution in [0.15, 0.2) is 17.2 Å². The first-order chi connectivity index (χ1) is 8.13. The van der Waals surface area contributed by atoms with Crippen LogP contribution in [0, 0.1) is 5.92 Å². The molecular weight excluding hydrogens is 216 g/mol. The molecule has 1 aromatic rings. The minimum atomic E-state index is -0.140. The van der Waals surface area contributed by atoms with Crippen LogP contribution in [-0.4, -0.2) is 22.1 Å². The van der Waals surface area contributed by atoms with Crippen LogP contribution < -0.4 is 16.6 Å². The number of nitrogens with zero attached hydrogens (tertiary/aromatic N) is 1. The Kier molecular flexibility index (Phi) is 3.47. The molecule has 1 saturated carbocycles. The second-order valence-corrected chi connectivity index (χ2v) is 5.09. The molecule has 0 unspecified atom stereocenters. The molecule has 1 aliphatic rings. The van der Waals surface area contributed by atoms with Crippen molar-refractivity contribution in [3.63, 3.8) is 0 Å². The number of hydrogen-bond donors (Lipinski definition) is 3. The number of nitrogens with two attached hydrogens (primary N) is 1. The lowest BCUT2D eigenvalue weighted by Crippen LogP contribution is -2.48. The van der Waals surface area contributed by atoms with Gasteiger partial charge in [-0.2, -0.15) is 0 Å². The summed E-state index contributed by atoms with van der Waals surface area (Å²) < 4.78 is 0. The summed E-state index contributed by atoms with van der Waals surface area (Å²) >= 11 is 0. The van der Waals surface area contributed by atoms with Crippen LogP contribution in [0.25, 0.3) is 0 Å². The summed E-state index contributed by atoms with van der Waals surface area (Å²) in [6.07, 6.45) is 5.85. The predicted octanol–water partition coefficient (Wildman–Crippen LogP) is 1.09. The zero-order chi connectivity index (χ0) is 12.3. The topological polar surface area (TPSA) is 83.8 Å². The maximum absolute atomic E-state index is 11.2. The lowest BCUT2D eigenvalue weighted by molar-refractivity contribution is 0.271. The van der Waals surface area contributed by atoms with E-state index in [1.54, 1.807) is 0 Å². The van der Waals surface area contributed by atoms with Gasteiger partial charge in [-0.3, -0.25) is 4.79 Å². The molecule has 0 saturated heterocycles. The van der Waals surface area contributed by atoms with Gasteiger partial charge in [-0.25, -0.2) is 4.98 Å². The zero-order valence-corrected chi connectivity index (χ0v) is 10.2. The van der Waals surface area contributed by atoms with Crippen LogP contribution in [0.4, 0.5) is 5.82 Å². The lowest BCUT2D eigenvalue weighted by Gasteiger charge is -2.39. The smallest absolute Gasteiger partial charge is 0.252 e. The van der Waals surface area contributed by atoms with E-state index in [1.165, 1.54) is 25.2 Å². The summed E-state index contributed by atoms with van der Waals surface area (Å²) in [4.78, 5) is 17.8. The van der Waals surface area contributed by atoms with Crippen LogP contribution in [-0.2, 0) is 0 Å². The Bertz CT molecular complexity index is 421. The van der Waals surface area contributed by atoms with E-state index in [0.717, 1.165) is 18.8 Å². The molecule has 17 heavy (non-hydrogen) atoms. The molecule has 1 heterocycles. The summed E-state index contributed by atoms with van der Waals surface area (Å²) in [7, 11) is 0. The fourth-order valence-corrected chi connectivity index (χ4v) is 2.40. The molecule has 0 aliphatic heterocycles. The summed E-state index contributed by atoms with van der Waals surface area (Å²) in [5.74, 6) is 1.39. The van der Waals surface area contributed by atoms with Crippen molar-refractivity contribution in [1.82, 2.24) is 9.97 Å². The number of H-pyrrole nitrogens is 1. The maximum atomic E-state index is 11.2. The van der Waals surface area contributed by atoms with Gasteiger partial charge in [0, 0.05) is 12.6 Å². The molecule has 0 bridgehead atoms. The molecule has 5 nitrogen and oxygen atoms in total. The molecule has 0 amide bonds. The van der Waals surface area contributed by atoms with E-state index < -0.39 is 0 Å². The molecule has 0 spiro atoms. The number of hydrogen-bond acceptors (Lipinski definition) is 4. The molecule has 0 atom stereocenters. The Morgan fingerprint density at radius 1 is 1.59 bits per heavy atom. The standard InChI is InChI=1S/C12H20N4O/c1-9-2-4-12(7-13,5-3-9)16-10-6-11(17)15-8-14-10/h6,8-9H,2-5,7,13H2,1H3,(H2,14,15,16,17). The van der Waals surface area contributed by atoms with Crippen molar-refractivity contribution in [2.24, 2.45) is 11.7 Å². The van der Waals surface area contributed by atoms with Crippen LogP contribution in [0.3, 0.4) is 0 Å². The predicted molar refractivity (Wildman–Crippen MR) is 67.9 cm³/mol. The van der Waals surface area contributed by atoms with Crippen LogP contribution in [0.5, 0.6) is 0 Å². The summed E-state index contributed by atoms with van der Waals surface area (Å²) in [5.41, 5.74) is 5.66. The van der Waals surface area contributed by atoms with Crippen molar-refractivity contribution in [2.75, 3.05) is 11.9 Å². The van der Waals surface area contributed by atoms with E-state index in [0.29, 0.717) is 12.4 Å². The number of nitrogens with one attached hydrogen (secondary N) is 2. The monoisotopic (exact) mass is 236 g/mol. The van der Waals surface area contributed by atoms with E-state index in [4.69, 9.17) is 5.73 Å². The van der Waals surface area contributed by atoms with Gasteiger partial charge in [0.1, 0.15) is 5.82 Å². The Labute approximate surface area is 101 Å². The third-order valence-corrected chi connectivity index (χ3v) is 3.69. The largest absolute Gasteiger partial charge is 0.363 e. The van der Waals surface area contributed by atoms with Crippen molar-refractivity contribution in [3.8, 4) is 0 Å². The van der Waals surface area contributed by atoms with Gasteiger partial charge in [-0.1, -0.05) is 6.92 Å². The SMILES string of the molecule is CC1CCC(CN)(Nc2cc(=O)[nH]cn2)CC1. The normalized spacial score (nSPS) is 28.9. The zero-order valence-electron chi connectivity index (χ0n) is 10.2. The third kappa shape index (κ3) is 2.85. The second-order valence-electron chi connectivity index (χ2n) is 5.09. The summed E-state index contributed by atoms with van der Waals surface area (Å²) in [6.45, 7) is 2.85. The molecular formula is C12H20N4O. The first kappa shape index (κ1) is 12.1. The van der Waals surface area contributed by atoms with Gasteiger partial charge in [-0.15, -0.1) is 0 Å². The Balaban J connectivity index is 2.12. The molecule has 1 aliphatic carbocycles. The van der Waals surface area contributed by atoms with E-state index >= 15 is 0 Å². The van der Waals surface area contributed by atoms with Crippen molar-refractivity contribution in [1.29, 1.82) is 0 Å². The number of aromatic amines is 1. The van der Waals surface area contributed by atoms with E-state index in [1.807, 2.05) is 0 Å². The Morgan fingerprint density at radius 2 is 2.29 bits per heavy atom. The minimum absolute atomic E-state index is 0.0900. The number of aromatic nitrogens is 2. The van der Waals surface area contributed by atoms with Crippen molar-refractivity contribution < 1.29 is 0 Å². The molecule has 5 heteroatoms. The van der Waals surface area contributed by atoms with Gasteiger partial charge in [0.2, 0.25) is 0 Å². The number of rotatable bonds is 3. The van der Waals surface area contributed by atoms with Gasteiger partial charge in [0.15, 0.2) is 0 Å². The minimum Gasteiger partial charge on any atom is -0.363 e. The van der Waals surface area contributed by atoms with Gasteiger partial charge >= 0.3 is 0 Å². The van der Waals surface area contributed by atoms with Crippen molar-refractivity contribution in [3.05, 3.63) is 22.7 Å². The lowest BCUT2D eigenvalue weighted by atomic mass is 9.77. The van der Waals surface area contributed by atoms with Crippen LogP contribution in [0.1, 0.15) is 32.6 Å². The first-order valence-electron chi connectivity index (χ1n) is 6.16. The molecule has 0 aromatic carbocycles. The van der Waals surface area contributed by atoms with Gasteiger partial charge in [-0.05, 0) is 31.6 Å². The van der Waals surface area contributed by atoms with Crippen LogP contribution in [0.2, 0.25) is 0 Å². The average molecular weight is 236 g/mol. The molecule has 1 fully saturated rings. The van der Waals surface area contributed by atoms with Gasteiger partial charge in [0.25, 0.3) is 5.56 Å². The van der Waals surface area contributed by atoms with E-state index in [2.05, 4.69) is 22.2 Å². The fourth-order valence-electron chi connectivity index (χ4n) is 2.40. The molecule has 1 aromatic heterocycles. The quantitative estimate of drug-likeness (QED) is 0.733. The average Bonchev–Trinajstić information content (AvgIpc) is 2.33. The highest BCUT2D eigenvalue weighted by atomic mass is 16.1. The molecule has 94 valence electrons. The molecule has 2 rings (SSSR count). The molecule has 4 N–H and O–H groups in total. The number of anilines is 1. The van der Waals surface area contributed by atoms with E-state index in [9.17, 15) is 4.79 Å². The van der Waals surface area contributed by atoms with Crippen molar-refractivity contribution in [2.45, 2.75) is 38.1 Å². The first-order valence-corrected chi connectivity index (χ1v) is 6.16. The summed E-state index contributed by atoms with van der Waals surface area (Å²) in [6, 6.07) is 1.48. The maximum Gasteiger partial charge on any atom is 0.252 e.